The van der Waals surface area contributed by atoms with Crippen molar-refractivity contribution in [1.29, 1.82) is 0 Å². The van der Waals surface area contributed by atoms with Crippen LogP contribution in [0.1, 0.15) is 5.56 Å². The fourth-order valence-corrected chi connectivity index (χ4v) is 3.01. The number of benzene rings is 1. The summed E-state index contributed by atoms with van der Waals surface area (Å²) in [5, 5.41) is 0. The molecule has 0 spiro atoms. The van der Waals surface area contributed by atoms with Gasteiger partial charge in [0.2, 0.25) is 11.8 Å². The average Bonchev–Trinajstić information content (AvgIpc) is 2.68. The lowest BCUT2D eigenvalue weighted by atomic mass is 10.2. The lowest BCUT2D eigenvalue weighted by Crippen LogP contribution is -2.53. The molecule has 2 amide bonds. The number of H-pyrrole nitrogens is 1. The summed E-state index contributed by atoms with van der Waals surface area (Å²) >= 11 is 0. The van der Waals surface area contributed by atoms with Gasteiger partial charge >= 0.3 is 5.69 Å². The van der Waals surface area contributed by atoms with Crippen molar-refractivity contribution < 1.29 is 14.3 Å². The van der Waals surface area contributed by atoms with E-state index in [0.717, 1.165) is 4.57 Å². The second-order valence-corrected chi connectivity index (χ2v) is 6.19. The Morgan fingerprint density at radius 1 is 1.19 bits per heavy atom. The Morgan fingerprint density at radius 2 is 1.93 bits per heavy atom. The van der Waals surface area contributed by atoms with Crippen LogP contribution in [0.4, 0.5) is 5.69 Å². The molecule has 142 valence electrons. The summed E-state index contributed by atoms with van der Waals surface area (Å²) in [4.78, 5) is 54.0. The maximum absolute atomic E-state index is 12.6. The van der Waals surface area contributed by atoms with E-state index in [2.05, 4.69) is 4.98 Å². The molecule has 0 radical (unpaired) electrons. The van der Waals surface area contributed by atoms with E-state index in [9.17, 15) is 19.2 Å². The van der Waals surface area contributed by atoms with Gasteiger partial charge in [-0.15, -0.1) is 0 Å². The Labute approximate surface area is 154 Å². The van der Waals surface area contributed by atoms with Crippen molar-refractivity contribution in [2.45, 2.75) is 6.42 Å². The largest absolute Gasteiger partial charge is 0.495 e. The van der Waals surface area contributed by atoms with E-state index in [4.69, 9.17) is 4.74 Å². The van der Waals surface area contributed by atoms with Crippen molar-refractivity contribution in [3.05, 3.63) is 56.9 Å². The standard InChI is InChI=1S/C18H20N4O5/c1-20-17(25)12(10-19-18(20)26)9-15(23)21-7-8-22(16(24)11-21)13-5-3-4-6-14(13)27-2/h3-6,10H,7-9,11H2,1-2H3,(H,19,26). The number of para-hydroxylation sites is 2. The molecule has 0 unspecified atom stereocenters. The number of methoxy groups -OCH3 is 1. The number of ether oxygens (including phenoxy) is 1. The Hall–Kier alpha value is -3.36. The number of rotatable bonds is 4. The van der Waals surface area contributed by atoms with Crippen molar-refractivity contribution >= 4 is 17.5 Å². The predicted molar refractivity (Wildman–Crippen MR) is 97.9 cm³/mol. The highest BCUT2D eigenvalue weighted by Crippen LogP contribution is 2.28. The van der Waals surface area contributed by atoms with Crippen molar-refractivity contribution in [3.63, 3.8) is 0 Å². The number of hydrogen-bond donors (Lipinski definition) is 1. The number of anilines is 1. The quantitative estimate of drug-likeness (QED) is 0.779. The smallest absolute Gasteiger partial charge is 0.328 e. The average molecular weight is 372 g/mol. The van der Waals surface area contributed by atoms with E-state index in [1.54, 1.807) is 17.0 Å². The minimum absolute atomic E-state index is 0.0828. The molecule has 2 aromatic rings. The van der Waals surface area contributed by atoms with Crippen LogP contribution in [0.25, 0.3) is 0 Å². The molecule has 1 saturated heterocycles. The molecule has 0 saturated carbocycles. The summed E-state index contributed by atoms with van der Waals surface area (Å²) in [5.74, 6) is 0.0167. The minimum atomic E-state index is -0.545. The zero-order valence-electron chi connectivity index (χ0n) is 15.1. The molecule has 3 rings (SSSR count). The third kappa shape index (κ3) is 3.62. The molecule has 1 aromatic heterocycles. The van der Waals surface area contributed by atoms with Crippen LogP contribution in [0, 0.1) is 0 Å². The first-order valence-electron chi connectivity index (χ1n) is 8.41. The molecule has 2 heterocycles. The highest BCUT2D eigenvalue weighted by molar-refractivity contribution is 5.99. The van der Waals surface area contributed by atoms with Crippen LogP contribution < -0.4 is 20.9 Å². The van der Waals surface area contributed by atoms with E-state index < -0.39 is 11.2 Å². The molecule has 1 N–H and O–H groups in total. The van der Waals surface area contributed by atoms with E-state index >= 15 is 0 Å². The summed E-state index contributed by atoms with van der Waals surface area (Å²) in [5.41, 5.74) is -0.226. The predicted octanol–water partition coefficient (Wildman–Crippen LogP) is -0.500. The SMILES string of the molecule is COc1ccccc1N1CCN(C(=O)Cc2c[nH]c(=O)n(C)c2=O)CC1=O. The normalized spacial score (nSPS) is 14.4. The number of aromatic amines is 1. The fraction of sp³-hybridized carbons (Fsp3) is 0.333. The second-order valence-electron chi connectivity index (χ2n) is 6.19. The van der Waals surface area contributed by atoms with Gasteiger partial charge in [-0.05, 0) is 12.1 Å². The summed E-state index contributed by atoms with van der Waals surface area (Å²) in [6.07, 6.45) is 1.07. The summed E-state index contributed by atoms with van der Waals surface area (Å²) in [7, 11) is 2.87. The Balaban J connectivity index is 1.72. The number of nitrogens with zero attached hydrogens (tertiary/aromatic N) is 3. The van der Waals surface area contributed by atoms with Crippen molar-refractivity contribution in [3.8, 4) is 5.75 Å². The molecular weight excluding hydrogens is 352 g/mol. The first-order chi connectivity index (χ1) is 12.9. The molecule has 1 fully saturated rings. The highest BCUT2D eigenvalue weighted by Gasteiger charge is 2.29. The van der Waals surface area contributed by atoms with Gasteiger partial charge in [0.25, 0.3) is 5.56 Å². The van der Waals surface area contributed by atoms with Gasteiger partial charge in [0.1, 0.15) is 12.3 Å². The molecule has 0 bridgehead atoms. The van der Waals surface area contributed by atoms with Crippen LogP contribution in [-0.2, 0) is 23.1 Å². The first kappa shape index (κ1) is 18.4. The minimum Gasteiger partial charge on any atom is -0.495 e. The Bertz CT molecular complexity index is 994. The molecule has 9 nitrogen and oxygen atoms in total. The van der Waals surface area contributed by atoms with E-state index in [1.807, 2.05) is 12.1 Å². The van der Waals surface area contributed by atoms with Crippen LogP contribution in [0.5, 0.6) is 5.75 Å². The molecule has 9 heteroatoms. The Kier molecular flexibility index (Phi) is 5.11. The van der Waals surface area contributed by atoms with Gasteiger partial charge in [0.05, 0.1) is 19.2 Å². The number of carbonyl (C=O) groups excluding carboxylic acids is 2. The summed E-state index contributed by atoms with van der Waals surface area (Å²) in [6, 6.07) is 7.19. The van der Waals surface area contributed by atoms with Crippen LogP contribution in [-0.4, -0.2) is 53.0 Å². The second kappa shape index (κ2) is 7.48. The van der Waals surface area contributed by atoms with Gasteiger partial charge in [-0.3, -0.25) is 19.0 Å². The zero-order valence-corrected chi connectivity index (χ0v) is 15.1. The molecule has 1 aliphatic heterocycles. The number of carbonyl (C=O) groups is 2. The number of hydrogen-bond acceptors (Lipinski definition) is 5. The molecule has 0 atom stereocenters. The summed E-state index contributed by atoms with van der Waals surface area (Å²) < 4.78 is 6.20. The summed E-state index contributed by atoms with van der Waals surface area (Å²) in [6.45, 7) is 0.585. The molecule has 27 heavy (non-hydrogen) atoms. The van der Waals surface area contributed by atoms with Crippen LogP contribution in [0.2, 0.25) is 0 Å². The van der Waals surface area contributed by atoms with Crippen molar-refractivity contribution in [2.24, 2.45) is 7.05 Å². The zero-order chi connectivity index (χ0) is 19.6. The van der Waals surface area contributed by atoms with Gasteiger partial charge in [-0.25, -0.2) is 4.79 Å². The monoisotopic (exact) mass is 372 g/mol. The van der Waals surface area contributed by atoms with Crippen LogP contribution in [0.3, 0.4) is 0 Å². The van der Waals surface area contributed by atoms with Gasteiger partial charge in [-0.2, -0.15) is 0 Å². The van der Waals surface area contributed by atoms with Gasteiger partial charge in [0.15, 0.2) is 0 Å². The van der Waals surface area contributed by atoms with Crippen molar-refractivity contribution in [1.82, 2.24) is 14.5 Å². The topological polar surface area (TPSA) is 105 Å². The lowest BCUT2D eigenvalue weighted by Gasteiger charge is -2.34. The third-order valence-electron chi connectivity index (χ3n) is 4.54. The maximum Gasteiger partial charge on any atom is 0.328 e. The lowest BCUT2D eigenvalue weighted by molar-refractivity contribution is -0.136. The fourth-order valence-electron chi connectivity index (χ4n) is 3.01. The number of amides is 2. The van der Waals surface area contributed by atoms with Crippen LogP contribution >= 0.6 is 0 Å². The third-order valence-corrected chi connectivity index (χ3v) is 4.54. The van der Waals surface area contributed by atoms with E-state index in [-0.39, 0.29) is 30.3 Å². The van der Waals surface area contributed by atoms with E-state index in [0.29, 0.717) is 24.5 Å². The molecule has 1 aromatic carbocycles. The Morgan fingerprint density at radius 3 is 2.63 bits per heavy atom. The van der Waals surface area contributed by atoms with Gasteiger partial charge in [-0.1, -0.05) is 12.1 Å². The number of piperazine rings is 1. The number of nitrogens with one attached hydrogen (secondary N) is 1. The maximum atomic E-state index is 12.6. The highest BCUT2D eigenvalue weighted by atomic mass is 16.5. The first-order valence-corrected chi connectivity index (χ1v) is 8.41. The molecule has 0 aliphatic carbocycles. The van der Waals surface area contributed by atoms with E-state index in [1.165, 1.54) is 25.3 Å². The number of aromatic nitrogens is 2. The van der Waals surface area contributed by atoms with Gasteiger partial charge < -0.3 is 19.5 Å². The molecule has 1 aliphatic rings. The van der Waals surface area contributed by atoms with Crippen LogP contribution in [0.15, 0.2) is 40.1 Å². The van der Waals surface area contributed by atoms with Crippen molar-refractivity contribution in [2.75, 3.05) is 31.6 Å². The molecular formula is C18H20N4O5. The van der Waals surface area contributed by atoms with Gasteiger partial charge in [0, 0.05) is 31.9 Å².